The van der Waals surface area contributed by atoms with Crippen LogP contribution in [0.5, 0.6) is 11.5 Å². The van der Waals surface area contributed by atoms with Gasteiger partial charge in [-0.2, -0.15) is 0 Å². The van der Waals surface area contributed by atoms with Gasteiger partial charge >= 0.3 is 0 Å². The van der Waals surface area contributed by atoms with Gasteiger partial charge in [0.1, 0.15) is 23.9 Å². The van der Waals surface area contributed by atoms with Crippen LogP contribution in [0.4, 0.5) is 0 Å². The minimum absolute atomic E-state index is 0.0782. The average Bonchev–Trinajstić information content (AvgIpc) is 3.25. The highest BCUT2D eigenvalue weighted by Crippen LogP contribution is 2.40. The first-order chi connectivity index (χ1) is 19.5. The van der Waals surface area contributed by atoms with Crippen molar-refractivity contribution in [2.45, 2.75) is 19.6 Å². The van der Waals surface area contributed by atoms with Crippen molar-refractivity contribution in [1.82, 2.24) is 9.80 Å². The van der Waals surface area contributed by atoms with E-state index in [-0.39, 0.29) is 11.3 Å². The molecule has 0 aromatic heterocycles. The van der Waals surface area contributed by atoms with E-state index in [1.807, 2.05) is 61.5 Å². The van der Waals surface area contributed by atoms with E-state index in [1.54, 1.807) is 30.2 Å². The number of aliphatic hydroxyl groups is 1. The van der Waals surface area contributed by atoms with Crippen LogP contribution in [0.2, 0.25) is 0 Å². The lowest BCUT2D eigenvalue weighted by atomic mass is 9.94. The van der Waals surface area contributed by atoms with Crippen molar-refractivity contribution in [2.24, 2.45) is 0 Å². The number of Topliss-reactive ketones (excluding diaryl/α,β-unsaturated/α-hetero) is 1. The molecule has 2 aliphatic heterocycles. The highest BCUT2D eigenvalue weighted by Gasteiger charge is 2.46. The Labute approximate surface area is 234 Å². The van der Waals surface area contributed by atoms with Crippen LogP contribution >= 0.6 is 0 Å². The second-order valence-electron chi connectivity index (χ2n) is 9.97. The lowest BCUT2D eigenvalue weighted by Gasteiger charge is -2.31. The molecule has 2 fully saturated rings. The SMILES string of the molecule is COc1ccc(C(O)=C2C(=O)C(=O)N(CCN3CCOCC3)C2c2ccc(OCc3ccccc3)cc2)cc1C. The Bertz CT molecular complexity index is 1380. The fourth-order valence-electron chi connectivity index (χ4n) is 5.20. The Balaban J connectivity index is 1.46. The second kappa shape index (κ2) is 12.4. The molecule has 2 saturated heterocycles. The maximum atomic E-state index is 13.4. The summed E-state index contributed by atoms with van der Waals surface area (Å²) in [6.07, 6.45) is 0. The van der Waals surface area contributed by atoms with Crippen LogP contribution in [0.25, 0.3) is 5.76 Å². The van der Waals surface area contributed by atoms with Crippen LogP contribution in [0.3, 0.4) is 0 Å². The molecule has 0 spiro atoms. The largest absolute Gasteiger partial charge is 0.507 e. The van der Waals surface area contributed by atoms with Crippen molar-refractivity contribution in [1.29, 1.82) is 0 Å². The maximum absolute atomic E-state index is 13.4. The smallest absolute Gasteiger partial charge is 0.295 e. The number of aryl methyl sites for hydroxylation is 1. The van der Waals surface area contributed by atoms with Crippen molar-refractivity contribution < 1.29 is 28.9 Å². The summed E-state index contributed by atoms with van der Waals surface area (Å²) in [6.45, 7) is 6.07. The van der Waals surface area contributed by atoms with E-state index in [2.05, 4.69) is 4.90 Å². The molecule has 1 unspecified atom stereocenters. The van der Waals surface area contributed by atoms with Crippen LogP contribution in [-0.4, -0.2) is 73.1 Å². The van der Waals surface area contributed by atoms with Crippen LogP contribution < -0.4 is 9.47 Å². The number of morpholine rings is 1. The van der Waals surface area contributed by atoms with Crippen LogP contribution in [0.1, 0.15) is 28.3 Å². The number of methoxy groups -OCH3 is 1. The number of amides is 1. The van der Waals surface area contributed by atoms with Gasteiger partial charge in [-0.3, -0.25) is 14.5 Å². The first-order valence-corrected chi connectivity index (χ1v) is 13.5. The quantitative estimate of drug-likeness (QED) is 0.245. The zero-order valence-corrected chi connectivity index (χ0v) is 22.8. The highest BCUT2D eigenvalue weighted by atomic mass is 16.5. The summed E-state index contributed by atoms with van der Waals surface area (Å²) in [4.78, 5) is 30.5. The van der Waals surface area contributed by atoms with E-state index in [9.17, 15) is 14.7 Å². The summed E-state index contributed by atoms with van der Waals surface area (Å²) >= 11 is 0. The molecule has 3 aromatic rings. The third kappa shape index (κ3) is 5.88. The Morgan fingerprint density at radius 3 is 2.38 bits per heavy atom. The van der Waals surface area contributed by atoms with Crippen LogP contribution in [0, 0.1) is 6.92 Å². The van der Waals surface area contributed by atoms with Crippen molar-refractivity contribution in [2.75, 3.05) is 46.5 Å². The number of likely N-dealkylation sites (tertiary alicyclic amines) is 1. The summed E-state index contributed by atoms with van der Waals surface area (Å²) in [7, 11) is 1.58. The Morgan fingerprint density at radius 2 is 1.70 bits per heavy atom. The molecule has 2 heterocycles. The van der Waals surface area contributed by atoms with Crippen molar-refractivity contribution >= 4 is 17.4 Å². The van der Waals surface area contributed by atoms with E-state index in [1.165, 1.54) is 0 Å². The average molecular weight is 543 g/mol. The van der Waals surface area contributed by atoms with Gasteiger partial charge in [0.05, 0.1) is 31.9 Å². The predicted octanol–water partition coefficient (Wildman–Crippen LogP) is 4.34. The van der Waals surface area contributed by atoms with Gasteiger partial charge < -0.3 is 24.2 Å². The summed E-state index contributed by atoms with van der Waals surface area (Å²) in [5, 5.41) is 11.4. The lowest BCUT2D eigenvalue weighted by Crippen LogP contribution is -2.42. The topological polar surface area (TPSA) is 88.5 Å². The standard InChI is InChI=1S/C32H34N2O6/c1-22-20-25(10-13-27(22)38-2)30(35)28-29(34(32(37)31(28)36)15-14-33-16-18-39-19-17-33)24-8-11-26(12-9-24)40-21-23-6-4-3-5-7-23/h3-13,20,29,35H,14-19,21H2,1-2H3. The van der Waals surface area contributed by atoms with Gasteiger partial charge in [0.25, 0.3) is 11.7 Å². The molecule has 0 aliphatic carbocycles. The van der Waals surface area contributed by atoms with Gasteiger partial charge in [-0.05, 0) is 53.9 Å². The fraction of sp³-hybridized carbons (Fsp3) is 0.312. The molecule has 208 valence electrons. The third-order valence-corrected chi connectivity index (χ3v) is 7.41. The second-order valence-corrected chi connectivity index (χ2v) is 9.97. The van der Waals surface area contributed by atoms with Gasteiger partial charge in [0, 0.05) is 31.7 Å². The Morgan fingerprint density at radius 1 is 0.975 bits per heavy atom. The molecule has 40 heavy (non-hydrogen) atoms. The minimum atomic E-state index is -0.730. The zero-order chi connectivity index (χ0) is 28.1. The summed E-state index contributed by atoms with van der Waals surface area (Å²) in [6, 6.07) is 21.7. The molecule has 3 aromatic carbocycles. The fourth-order valence-corrected chi connectivity index (χ4v) is 5.20. The Hall–Kier alpha value is -4.14. The number of hydrogen-bond acceptors (Lipinski definition) is 7. The number of hydrogen-bond donors (Lipinski definition) is 1. The Kier molecular flexibility index (Phi) is 8.48. The summed E-state index contributed by atoms with van der Waals surface area (Å²) in [5.74, 6) is -0.169. The molecule has 1 amide bonds. The predicted molar refractivity (Wildman–Crippen MR) is 151 cm³/mol. The number of ketones is 1. The zero-order valence-electron chi connectivity index (χ0n) is 22.8. The number of rotatable bonds is 9. The van der Waals surface area contributed by atoms with E-state index in [4.69, 9.17) is 14.2 Å². The van der Waals surface area contributed by atoms with Crippen LogP contribution in [0.15, 0.2) is 78.4 Å². The van der Waals surface area contributed by atoms with Gasteiger partial charge in [0.15, 0.2) is 0 Å². The monoisotopic (exact) mass is 542 g/mol. The number of benzene rings is 3. The molecular formula is C32H34N2O6. The molecule has 2 aliphatic rings. The van der Waals surface area contributed by atoms with E-state index < -0.39 is 17.7 Å². The number of aliphatic hydroxyl groups excluding tert-OH is 1. The third-order valence-electron chi connectivity index (χ3n) is 7.41. The minimum Gasteiger partial charge on any atom is -0.507 e. The first-order valence-electron chi connectivity index (χ1n) is 13.5. The molecule has 0 saturated carbocycles. The molecule has 8 heteroatoms. The normalized spacial score (nSPS) is 19.1. The highest BCUT2D eigenvalue weighted by molar-refractivity contribution is 6.46. The first kappa shape index (κ1) is 27.4. The number of ether oxygens (including phenoxy) is 3. The van der Waals surface area contributed by atoms with Gasteiger partial charge in [-0.15, -0.1) is 0 Å². The molecule has 1 N–H and O–H groups in total. The lowest BCUT2D eigenvalue weighted by molar-refractivity contribution is -0.140. The molecule has 8 nitrogen and oxygen atoms in total. The molecule has 5 rings (SSSR count). The van der Waals surface area contributed by atoms with Crippen LogP contribution in [-0.2, 0) is 20.9 Å². The molecular weight excluding hydrogens is 508 g/mol. The molecule has 0 bridgehead atoms. The van der Waals surface area contributed by atoms with Crippen molar-refractivity contribution in [3.05, 3.63) is 101 Å². The summed E-state index contributed by atoms with van der Waals surface area (Å²) in [5.41, 5.74) is 3.12. The van der Waals surface area contributed by atoms with Crippen molar-refractivity contribution in [3.8, 4) is 11.5 Å². The number of carbonyl (C=O) groups is 2. The summed E-state index contributed by atoms with van der Waals surface area (Å²) < 4.78 is 16.7. The van der Waals surface area contributed by atoms with Gasteiger partial charge in [-0.1, -0.05) is 42.5 Å². The number of carbonyl (C=O) groups excluding carboxylic acids is 2. The van der Waals surface area contributed by atoms with E-state index in [0.29, 0.717) is 50.0 Å². The molecule has 0 radical (unpaired) electrons. The van der Waals surface area contributed by atoms with Crippen molar-refractivity contribution in [3.63, 3.8) is 0 Å². The van der Waals surface area contributed by atoms with Gasteiger partial charge in [0.2, 0.25) is 0 Å². The van der Waals surface area contributed by atoms with E-state index in [0.717, 1.165) is 29.8 Å². The van der Waals surface area contributed by atoms with Gasteiger partial charge in [-0.25, -0.2) is 0 Å². The number of nitrogens with zero attached hydrogens (tertiary/aromatic N) is 2. The molecule has 1 atom stereocenters. The van der Waals surface area contributed by atoms with E-state index >= 15 is 0 Å². The maximum Gasteiger partial charge on any atom is 0.295 e.